The lowest BCUT2D eigenvalue weighted by atomic mass is 10.1. The Kier molecular flexibility index (Phi) is 4.04. The quantitative estimate of drug-likeness (QED) is 0.783. The van der Waals surface area contributed by atoms with Gasteiger partial charge in [-0.15, -0.1) is 0 Å². The molecule has 0 radical (unpaired) electrons. The molecule has 0 N–H and O–H groups in total. The van der Waals surface area contributed by atoms with Crippen molar-refractivity contribution in [1.82, 2.24) is 9.21 Å². The topological polar surface area (TPSA) is 57.7 Å². The van der Waals surface area contributed by atoms with Crippen molar-refractivity contribution < 1.29 is 26.4 Å². The standard InChI is InChI=1S/C18H15F3N2O3S/c19-18(20,21)12-5-3-6-13(11-12)27(25,26)23-10-4-9-22-16(23)14-7-1-2-8-15(14)17(22)24/h1-3,5-8,11,16H,4,9-10H2/t16-/m0/s1. The van der Waals surface area contributed by atoms with E-state index in [4.69, 9.17) is 0 Å². The van der Waals surface area contributed by atoms with Gasteiger partial charge in [0.2, 0.25) is 10.0 Å². The molecule has 2 aromatic carbocycles. The van der Waals surface area contributed by atoms with Gasteiger partial charge in [-0.25, -0.2) is 8.42 Å². The molecule has 4 rings (SSSR count). The summed E-state index contributed by atoms with van der Waals surface area (Å²) in [4.78, 5) is 13.6. The van der Waals surface area contributed by atoms with E-state index in [2.05, 4.69) is 0 Å². The number of carbonyl (C=O) groups excluding carboxylic acids is 1. The van der Waals surface area contributed by atoms with Gasteiger partial charge in [-0.05, 0) is 30.7 Å². The van der Waals surface area contributed by atoms with Gasteiger partial charge in [-0.1, -0.05) is 24.3 Å². The van der Waals surface area contributed by atoms with Crippen LogP contribution >= 0.6 is 0 Å². The van der Waals surface area contributed by atoms with Crippen molar-refractivity contribution in [1.29, 1.82) is 0 Å². The number of nitrogens with zero attached hydrogens (tertiary/aromatic N) is 2. The summed E-state index contributed by atoms with van der Waals surface area (Å²) >= 11 is 0. The van der Waals surface area contributed by atoms with Crippen LogP contribution in [0, 0.1) is 0 Å². The zero-order valence-electron chi connectivity index (χ0n) is 14.0. The van der Waals surface area contributed by atoms with Crippen molar-refractivity contribution in [3.05, 3.63) is 65.2 Å². The molecule has 1 atom stereocenters. The van der Waals surface area contributed by atoms with Crippen molar-refractivity contribution in [2.45, 2.75) is 23.7 Å². The third kappa shape index (κ3) is 2.81. The SMILES string of the molecule is O=C1c2ccccc2[C@H]2N1CCCN2S(=O)(=O)c1cccc(C(F)(F)F)c1. The highest BCUT2D eigenvalue weighted by Crippen LogP contribution is 2.41. The zero-order valence-corrected chi connectivity index (χ0v) is 14.8. The molecule has 1 saturated heterocycles. The molecular formula is C18H15F3N2O3S. The second-order valence-electron chi connectivity index (χ2n) is 6.45. The number of alkyl halides is 3. The molecule has 0 saturated carbocycles. The molecule has 1 amide bonds. The van der Waals surface area contributed by atoms with Gasteiger partial charge in [0.25, 0.3) is 5.91 Å². The molecule has 5 nitrogen and oxygen atoms in total. The molecule has 2 aliphatic rings. The normalized spacial score (nSPS) is 20.5. The fourth-order valence-electron chi connectivity index (χ4n) is 3.62. The molecule has 0 aromatic heterocycles. The van der Waals surface area contributed by atoms with Crippen molar-refractivity contribution in [3.63, 3.8) is 0 Å². The van der Waals surface area contributed by atoms with Gasteiger partial charge in [0.1, 0.15) is 6.17 Å². The summed E-state index contributed by atoms with van der Waals surface area (Å²) in [6.07, 6.45) is -5.06. The summed E-state index contributed by atoms with van der Waals surface area (Å²) in [5, 5.41) is 0. The third-order valence-electron chi connectivity index (χ3n) is 4.84. The molecule has 0 bridgehead atoms. The second kappa shape index (κ2) is 6.07. The van der Waals surface area contributed by atoms with Crippen LogP contribution in [0.4, 0.5) is 13.2 Å². The molecule has 0 aliphatic carbocycles. The average molecular weight is 396 g/mol. The molecule has 2 aromatic rings. The van der Waals surface area contributed by atoms with Crippen LogP contribution < -0.4 is 0 Å². The highest BCUT2D eigenvalue weighted by atomic mass is 32.2. The van der Waals surface area contributed by atoms with Crippen LogP contribution in [0.5, 0.6) is 0 Å². The molecule has 2 heterocycles. The summed E-state index contributed by atoms with van der Waals surface area (Å²) < 4.78 is 66.4. The summed E-state index contributed by atoms with van der Waals surface area (Å²) in [6, 6.07) is 10.4. The molecule has 27 heavy (non-hydrogen) atoms. The van der Waals surface area contributed by atoms with E-state index in [1.807, 2.05) is 0 Å². The number of benzene rings is 2. The lowest BCUT2D eigenvalue weighted by Gasteiger charge is -2.39. The maximum absolute atomic E-state index is 13.1. The molecular weight excluding hydrogens is 381 g/mol. The minimum atomic E-state index is -4.64. The number of carbonyl (C=O) groups is 1. The number of halogens is 3. The molecule has 0 unspecified atom stereocenters. The van der Waals surface area contributed by atoms with E-state index < -0.39 is 32.8 Å². The Morgan fingerprint density at radius 2 is 1.74 bits per heavy atom. The van der Waals surface area contributed by atoms with Crippen LogP contribution in [0.25, 0.3) is 0 Å². The van der Waals surface area contributed by atoms with Crippen molar-refractivity contribution in [3.8, 4) is 0 Å². The Hall–Kier alpha value is -2.39. The van der Waals surface area contributed by atoms with Crippen molar-refractivity contribution >= 4 is 15.9 Å². The van der Waals surface area contributed by atoms with E-state index in [0.717, 1.165) is 22.5 Å². The monoisotopic (exact) mass is 396 g/mol. The summed E-state index contributed by atoms with van der Waals surface area (Å²) in [5.74, 6) is -0.264. The van der Waals surface area contributed by atoms with Gasteiger partial charge in [0.15, 0.2) is 0 Å². The van der Waals surface area contributed by atoms with Crippen LogP contribution in [0.3, 0.4) is 0 Å². The predicted octanol–water partition coefficient (Wildman–Crippen LogP) is 3.25. The first kappa shape index (κ1) is 18.0. The number of sulfonamides is 1. The summed E-state index contributed by atoms with van der Waals surface area (Å²) in [6.45, 7) is 0.522. The average Bonchev–Trinajstić information content (AvgIpc) is 2.94. The first-order valence-corrected chi connectivity index (χ1v) is 9.74. The van der Waals surface area contributed by atoms with Crippen LogP contribution in [0.15, 0.2) is 53.4 Å². The molecule has 9 heteroatoms. The van der Waals surface area contributed by atoms with Crippen molar-refractivity contribution in [2.24, 2.45) is 0 Å². The number of rotatable bonds is 2. The minimum Gasteiger partial charge on any atom is -0.318 e. The van der Waals surface area contributed by atoms with E-state index >= 15 is 0 Å². The van der Waals surface area contributed by atoms with E-state index in [1.54, 1.807) is 24.3 Å². The van der Waals surface area contributed by atoms with E-state index in [0.29, 0.717) is 30.2 Å². The van der Waals surface area contributed by atoms with E-state index in [9.17, 15) is 26.4 Å². The Labute approximate surface area is 154 Å². The smallest absolute Gasteiger partial charge is 0.318 e. The third-order valence-corrected chi connectivity index (χ3v) is 6.69. The van der Waals surface area contributed by atoms with Gasteiger partial charge >= 0.3 is 6.18 Å². The largest absolute Gasteiger partial charge is 0.416 e. The summed E-state index contributed by atoms with van der Waals surface area (Å²) in [5.41, 5.74) is -0.0493. The first-order chi connectivity index (χ1) is 12.7. The highest BCUT2D eigenvalue weighted by Gasteiger charge is 2.46. The van der Waals surface area contributed by atoms with Gasteiger partial charge in [0, 0.05) is 24.2 Å². The van der Waals surface area contributed by atoms with Crippen LogP contribution in [-0.4, -0.2) is 36.6 Å². The minimum absolute atomic E-state index is 0.126. The highest BCUT2D eigenvalue weighted by molar-refractivity contribution is 7.89. The Morgan fingerprint density at radius 1 is 1.00 bits per heavy atom. The molecule has 2 aliphatic heterocycles. The van der Waals surface area contributed by atoms with Gasteiger partial charge in [-0.3, -0.25) is 4.79 Å². The maximum Gasteiger partial charge on any atom is 0.416 e. The summed E-state index contributed by atoms with van der Waals surface area (Å²) in [7, 11) is -4.23. The van der Waals surface area contributed by atoms with E-state index in [-0.39, 0.29) is 12.5 Å². The predicted molar refractivity (Wildman–Crippen MR) is 90.2 cm³/mol. The van der Waals surface area contributed by atoms with Crippen LogP contribution in [-0.2, 0) is 16.2 Å². The van der Waals surface area contributed by atoms with Gasteiger partial charge in [-0.2, -0.15) is 17.5 Å². The van der Waals surface area contributed by atoms with Crippen molar-refractivity contribution in [2.75, 3.05) is 13.1 Å². The maximum atomic E-state index is 13.1. The number of hydrogen-bond acceptors (Lipinski definition) is 3. The Bertz CT molecular complexity index is 1020. The number of fused-ring (bicyclic) bond motifs is 3. The van der Waals surface area contributed by atoms with Gasteiger partial charge < -0.3 is 4.90 Å². The fourth-order valence-corrected chi connectivity index (χ4v) is 5.28. The molecule has 1 fully saturated rings. The van der Waals surface area contributed by atoms with E-state index in [1.165, 1.54) is 4.90 Å². The first-order valence-electron chi connectivity index (χ1n) is 8.30. The Balaban J connectivity index is 1.80. The second-order valence-corrected chi connectivity index (χ2v) is 8.34. The molecule has 142 valence electrons. The van der Waals surface area contributed by atoms with Crippen LogP contribution in [0.1, 0.15) is 34.1 Å². The lowest BCUT2D eigenvalue weighted by Crippen LogP contribution is -2.48. The number of hydrogen-bond donors (Lipinski definition) is 0. The van der Waals surface area contributed by atoms with Gasteiger partial charge in [0.05, 0.1) is 10.5 Å². The Morgan fingerprint density at radius 3 is 2.48 bits per heavy atom. The molecule has 0 spiro atoms. The zero-order chi connectivity index (χ0) is 19.4. The van der Waals surface area contributed by atoms with Crippen LogP contribution in [0.2, 0.25) is 0 Å². The number of amides is 1. The fraction of sp³-hybridized carbons (Fsp3) is 0.278. The lowest BCUT2D eigenvalue weighted by molar-refractivity contribution is -0.137.